The van der Waals surface area contributed by atoms with Crippen molar-refractivity contribution in [3.05, 3.63) is 170 Å². The first-order valence-electron chi connectivity index (χ1n) is 18.5. The van der Waals surface area contributed by atoms with Crippen molar-refractivity contribution in [3.63, 3.8) is 0 Å². The molecule has 0 spiro atoms. The molecule has 0 saturated carbocycles. The van der Waals surface area contributed by atoms with Gasteiger partial charge in [-0.15, -0.1) is 0 Å². The number of aromatic nitrogens is 4. The minimum Gasteiger partial charge on any atom is -0.308 e. The second-order valence-corrected chi connectivity index (χ2v) is 14.5. The van der Waals surface area contributed by atoms with E-state index >= 15 is 0 Å². The normalized spacial score (nSPS) is 12.4. The Balaban J connectivity index is 1.25. The van der Waals surface area contributed by atoms with Crippen LogP contribution >= 0.6 is 0 Å². The van der Waals surface area contributed by atoms with E-state index in [1.807, 2.05) is 0 Å². The van der Waals surface area contributed by atoms with Gasteiger partial charge in [0.25, 0.3) is 0 Å². The standard InChI is InChI=1S/C50H28N4/c1-2-14-30-27-45-41(25-29(30)13-1)46-47-38(35-19-8-11-23-43(35)53(45)47)28-39-36-20-9-12-24-44(36)54(48(39)46)50-37-21-7-10-22-42(37)51-49(52-50)40-26-31-15-3-4-16-32(31)33-17-5-6-18-34(33)40/h1-28H. The molecule has 0 aliphatic rings. The molecule has 0 radical (unpaired) electrons. The Labute approximate surface area is 308 Å². The van der Waals surface area contributed by atoms with Gasteiger partial charge in [-0.1, -0.05) is 121 Å². The van der Waals surface area contributed by atoms with Gasteiger partial charge in [0.1, 0.15) is 5.82 Å². The Kier molecular flexibility index (Phi) is 5.34. The van der Waals surface area contributed by atoms with Crippen LogP contribution in [-0.2, 0) is 0 Å². The van der Waals surface area contributed by atoms with Gasteiger partial charge in [-0.25, -0.2) is 9.97 Å². The number of benzene rings is 9. The third-order valence-electron chi connectivity index (χ3n) is 11.8. The molecule has 13 aromatic rings. The summed E-state index contributed by atoms with van der Waals surface area (Å²) in [4.78, 5) is 10.9. The first-order chi connectivity index (χ1) is 26.8. The highest BCUT2D eigenvalue weighted by Gasteiger charge is 2.26. The van der Waals surface area contributed by atoms with Crippen LogP contribution in [0.1, 0.15) is 0 Å². The number of nitrogens with zero attached hydrogens (tertiary/aromatic N) is 4. The van der Waals surface area contributed by atoms with Crippen molar-refractivity contribution >= 4 is 103 Å². The lowest BCUT2D eigenvalue weighted by Crippen LogP contribution is -2.03. The Hall–Kier alpha value is -7.30. The quantitative estimate of drug-likeness (QED) is 0.170. The van der Waals surface area contributed by atoms with Crippen molar-refractivity contribution < 1.29 is 0 Å². The molecule has 9 aromatic carbocycles. The highest BCUT2D eigenvalue weighted by atomic mass is 15.1. The van der Waals surface area contributed by atoms with Gasteiger partial charge in [0.05, 0.1) is 33.1 Å². The summed E-state index contributed by atoms with van der Waals surface area (Å²) in [7, 11) is 0. The van der Waals surface area contributed by atoms with Gasteiger partial charge in [-0.05, 0) is 80.8 Å². The average Bonchev–Trinajstić information content (AvgIpc) is 3.86. The second-order valence-electron chi connectivity index (χ2n) is 14.5. The fourth-order valence-electron chi connectivity index (χ4n) is 9.50. The largest absolute Gasteiger partial charge is 0.308 e. The third-order valence-corrected chi connectivity index (χ3v) is 11.8. The Morgan fingerprint density at radius 2 is 0.944 bits per heavy atom. The molecule has 4 heterocycles. The molecule has 13 rings (SSSR count). The maximum atomic E-state index is 5.64. The van der Waals surface area contributed by atoms with E-state index in [9.17, 15) is 0 Å². The number of hydrogen-bond acceptors (Lipinski definition) is 2. The first kappa shape index (κ1) is 28.3. The van der Waals surface area contributed by atoms with Crippen molar-refractivity contribution in [2.24, 2.45) is 0 Å². The average molecular weight is 685 g/mol. The molecule has 0 unspecified atom stereocenters. The summed E-state index contributed by atoms with van der Waals surface area (Å²) in [5, 5.41) is 15.7. The Morgan fingerprint density at radius 1 is 0.352 bits per heavy atom. The van der Waals surface area contributed by atoms with Crippen LogP contribution in [0.3, 0.4) is 0 Å². The minimum absolute atomic E-state index is 0.717. The van der Waals surface area contributed by atoms with Crippen LogP contribution in [0.5, 0.6) is 0 Å². The van der Waals surface area contributed by atoms with Gasteiger partial charge in [0.15, 0.2) is 5.82 Å². The van der Waals surface area contributed by atoms with E-state index in [2.05, 4.69) is 179 Å². The van der Waals surface area contributed by atoms with Crippen LogP contribution in [0.4, 0.5) is 0 Å². The van der Waals surface area contributed by atoms with E-state index in [0.717, 1.165) is 39.0 Å². The lowest BCUT2D eigenvalue weighted by atomic mass is 9.97. The molecule has 0 amide bonds. The molecule has 0 saturated heterocycles. The van der Waals surface area contributed by atoms with E-state index in [0.29, 0.717) is 0 Å². The van der Waals surface area contributed by atoms with Crippen LogP contribution in [0.15, 0.2) is 170 Å². The van der Waals surface area contributed by atoms with Crippen molar-refractivity contribution in [1.29, 1.82) is 0 Å². The van der Waals surface area contributed by atoms with Crippen LogP contribution in [0.2, 0.25) is 0 Å². The maximum absolute atomic E-state index is 5.64. The number of hydrogen-bond donors (Lipinski definition) is 0. The molecule has 0 atom stereocenters. The van der Waals surface area contributed by atoms with Crippen LogP contribution < -0.4 is 0 Å². The van der Waals surface area contributed by atoms with E-state index < -0.39 is 0 Å². The molecule has 4 aromatic heterocycles. The zero-order valence-electron chi connectivity index (χ0n) is 29.0. The molecular weight excluding hydrogens is 657 g/mol. The molecular formula is C50H28N4. The summed E-state index contributed by atoms with van der Waals surface area (Å²) in [5.41, 5.74) is 7.93. The van der Waals surface area contributed by atoms with E-state index in [1.165, 1.54) is 81.3 Å². The number of para-hydroxylation sites is 3. The second kappa shape index (κ2) is 10.2. The minimum atomic E-state index is 0.717. The predicted octanol–water partition coefficient (Wildman–Crippen LogP) is 13.0. The predicted molar refractivity (Wildman–Crippen MR) is 226 cm³/mol. The third kappa shape index (κ3) is 3.57. The maximum Gasteiger partial charge on any atom is 0.162 e. The van der Waals surface area contributed by atoms with Gasteiger partial charge >= 0.3 is 0 Å². The lowest BCUT2D eigenvalue weighted by molar-refractivity contribution is 1.08. The van der Waals surface area contributed by atoms with Crippen LogP contribution in [0, 0.1) is 0 Å². The van der Waals surface area contributed by atoms with E-state index in [4.69, 9.17) is 9.97 Å². The molecule has 0 aliphatic carbocycles. The van der Waals surface area contributed by atoms with Crippen molar-refractivity contribution in [2.75, 3.05) is 0 Å². The topological polar surface area (TPSA) is 35.1 Å². The number of rotatable bonds is 2. The molecule has 248 valence electrons. The summed E-state index contributed by atoms with van der Waals surface area (Å²) in [6.45, 7) is 0. The summed E-state index contributed by atoms with van der Waals surface area (Å²) in [6, 6.07) is 61.6. The summed E-state index contributed by atoms with van der Waals surface area (Å²) < 4.78 is 4.93. The smallest absolute Gasteiger partial charge is 0.162 e. The van der Waals surface area contributed by atoms with Crippen molar-refractivity contribution in [2.45, 2.75) is 0 Å². The highest BCUT2D eigenvalue weighted by molar-refractivity contribution is 6.35. The summed E-state index contributed by atoms with van der Waals surface area (Å²) >= 11 is 0. The summed E-state index contributed by atoms with van der Waals surface area (Å²) in [6.07, 6.45) is 0. The molecule has 0 bridgehead atoms. The van der Waals surface area contributed by atoms with Crippen molar-refractivity contribution in [1.82, 2.24) is 18.9 Å². The molecule has 54 heavy (non-hydrogen) atoms. The molecule has 4 nitrogen and oxygen atoms in total. The van der Waals surface area contributed by atoms with Gasteiger partial charge < -0.3 is 4.40 Å². The summed E-state index contributed by atoms with van der Waals surface area (Å²) in [5.74, 6) is 1.60. The molecule has 0 aliphatic heterocycles. The zero-order valence-corrected chi connectivity index (χ0v) is 29.0. The SMILES string of the molecule is c1ccc2cc3c(cc2c1)c1c2c(cc4c5ccccc5n3c41)c1ccccc1n2-c1nc(-c2cc3ccccc3c3ccccc23)nc2ccccc12. The fraction of sp³-hybridized carbons (Fsp3) is 0. The van der Waals surface area contributed by atoms with E-state index in [1.54, 1.807) is 0 Å². The zero-order chi connectivity index (χ0) is 35.1. The van der Waals surface area contributed by atoms with Gasteiger partial charge in [-0.2, -0.15) is 0 Å². The fourth-order valence-corrected chi connectivity index (χ4v) is 9.50. The Morgan fingerprint density at radius 3 is 1.76 bits per heavy atom. The van der Waals surface area contributed by atoms with Gasteiger partial charge in [0.2, 0.25) is 0 Å². The molecule has 4 heteroatoms. The first-order valence-corrected chi connectivity index (χ1v) is 18.5. The number of fused-ring (bicyclic) bond motifs is 15. The molecule has 0 N–H and O–H groups in total. The van der Waals surface area contributed by atoms with Gasteiger partial charge in [0, 0.05) is 43.3 Å². The lowest BCUT2D eigenvalue weighted by Gasteiger charge is -2.15. The Bertz CT molecular complexity index is 3740. The van der Waals surface area contributed by atoms with Crippen molar-refractivity contribution in [3.8, 4) is 17.2 Å². The van der Waals surface area contributed by atoms with E-state index in [-0.39, 0.29) is 0 Å². The van der Waals surface area contributed by atoms with Gasteiger partial charge in [-0.3, -0.25) is 4.57 Å². The van der Waals surface area contributed by atoms with Crippen LogP contribution in [0.25, 0.3) is 120 Å². The highest BCUT2D eigenvalue weighted by Crippen LogP contribution is 2.47. The monoisotopic (exact) mass is 684 g/mol. The molecule has 0 fully saturated rings. The van der Waals surface area contributed by atoms with Crippen LogP contribution in [-0.4, -0.2) is 18.9 Å².